The maximum atomic E-state index is 12.3. The average Bonchev–Trinajstić information content (AvgIpc) is 2.67. The van der Waals surface area contributed by atoms with Crippen LogP contribution in [-0.2, 0) is 19.6 Å². The highest BCUT2D eigenvalue weighted by molar-refractivity contribution is 7.89. The van der Waals surface area contributed by atoms with E-state index in [-0.39, 0.29) is 23.4 Å². The zero-order valence-corrected chi connectivity index (χ0v) is 17.0. The number of benzene rings is 2. The minimum atomic E-state index is -3.80. The molecule has 2 aromatic rings. The Balaban J connectivity index is 1.80. The molecule has 0 radical (unpaired) electrons. The van der Waals surface area contributed by atoms with Crippen molar-refractivity contribution in [1.29, 1.82) is 0 Å². The summed E-state index contributed by atoms with van der Waals surface area (Å²) < 4.78 is 26.8. The molecule has 7 nitrogen and oxygen atoms in total. The lowest BCUT2D eigenvalue weighted by molar-refractivity contribution is -0.125. The third-order valence-electron chi connectivity index (χ3n) is 4.33. The molecule has 0 aliphatic heterocycles. The molecule has 2 aromatic carbocycles. The van der Waals surface area contributed by atoms with Crippen LogP contribution in [0.4, 0.5) is 0 Å². The van der Waals surface area contributed by atoms with Gasteiger partial charge in [0.1, 0.15) is 0 Å². The first-order valence-electron chi connectivity index (χ1n) is 8.87. The average molecular weight is 404 g/mol. The summed E-state index contributed by atoms with van der Waals surface area (Å²) in [6.45, 7) is 4.86. The van der Waals surface area contributed by atoms with Crippen molar-refractivity contribution in [2.75, 3.05) is 13.1 Å². The van der Waals surface area contributed by atoms with Gasteiger partial charge in [0.15, 0.2) is 0 Å². The van der Waals surface area contributed by atoms with Crippen molar-refractivity contribution in [2.45, 2.75) is 31.7 Å². The van der Waals surface area contributed by atoms with Gasteiger partial charge in [0, 0.05) is 0 Å². The Labute approximate surface area is 165 Å². The maximum absolute atomic E-state index is 12.3. The number of nitrogens with one attached hydrogen (secondary N) is 3. The lowest BCUT2D eigenvalue weighted by Crippen LogP contribution is -2.42. The van der Waals surface area contributed by atoms with Crippen LogP contribution < -0.4 is 15.4 Å². The SMILES string of the molecule is Cc1ccc(S(=O)(=O)NCC(=O)NCC(=O)N[C@H](C)c2ccccc2)cc1C. The summed E-state index contributed by atoms with van der Waals surface area (Å²) in [6.07, 6.45) is 0. The Hall–Kier alpha value is -2.71. The molecule has 0 aliphatic rings. The van der Waals surface area contributed by atoms with Gasteiger partial charge in [-0.05, 0) is 49.6 Å². The summed E-state index contributed by atoms with van der Waals surface area (Å²) in [5.41, 5.74) is 2.77. The van der Waals surface area contributed by atoms with Gasteiger partial charge in [-0.2, -0.15) is 0 Å². The highest BCUT2D eigenvalue weighted by atomic mass is 32.2. The number of hydrogen-bond donors (Lipinski definition) is 3. The molecule has 0 saturated heterocycles. The molecule has 0 aliphatic carbocycles. The third kappa shape index (κ3) is 6.17. The van der Waals surface area contributed by atoms with Gasteiger partial charge in [-0.3, -0.25) is 9.59 Å². The van der Waals surface area contributed by atoms with Crippen molar-refractivity contribution in [2.24, 2.45) is 0 Å². The first kappa shape index (κ1) is 21.6. The summed E-state index contributed by atoms with van der Waals surface area (Å²) >= 11 is 0. The van der Waals surface area contributed by atoms with Gasteiger partial charge in [0.05, 0.1) is 24.0 Å². The van der Waals surface area contributed by atoms with Gasteiger partial charge in [-0.15, -0.1) is 0 Å². The van der Waals surface area contributed by atoms with Gasteiger partial charge >= 0.3 is 0 Å². The molecule has 0 heterocycles. The van der Waals surface area contributed by atoms with Crippen molar-refractivity contribution < 1.29 is 18.0 Å². The molecule has 1 atom stereocenters. The van der Waals surface area contributed by atoms with Crippen LogP contribution in [0.1, 0.15) is 29.7 Å². The predicted octanol–water partition coefficient (Wildman–Crippen LogP) is 1.58. The Bertz CT molecular complexity index is 943. The Morgan fingerprint density at radius 3 is 2.25 bits per heavy atom. The number of sulfonamides is 1. The second kappa shape index (κ2) is 9.48. The first-order chi connectivity index (χ1) is 13.2. The minimum Gasteiger partial charge on any atom is -0.348 e. The smallest absolute Gasteiger partial charge is 0.241 e. The molecule has 28 heavy (non-hydrogen) atoms. The quantitative estimate of drug-likeness (QED) is 0.622. The summed E-state index contributed by atoms with van der Waals surface area (Å²) in [5, 5.41) is 5.17. The lowest BCUT2D eigenvalue weighted by atomic mass is 10.1. The van der Waals surface area contributed by atoms with Gasteiger partial charge in [-0.25, -0.2) is 13.1 Å². The van der Waals surface area contributed by atoms with E-state index < -0.39 is 22.5 Å². The summed E-state index contributed by atoms with van der Waals surface area (Å²) in [5.74, 6) is -0.948. The van der Waals surface area contributed by atoms with E-state index in [1.165, 1.54) is 6.07 Å². The second-order valence-electron chi connectivity index (χ2n) is 6.55. The van der Waals surface area contributed by atoms with E-state index in [1.54, 1.807) is 12.1 Å². The summed E-state index contributed by atoms with van der Waals surface area (Å²) in [4.78, 5) is 23.9. The highest BCUT2D eigenvalue weighted by Crippen LogP contribution is 2.14. The topological polar surface area (TPSA) is 104 Å². The summed E-state index contributed by atoms with van der Waals surface area (Å²) in [6, 6.07) is 14.0. The molecule has 2 amide bonds. The molecule has 3 N–H and O–H groups in total. The molecule has 0 saturated carbocycles. The molecule has 0 unspecified atom stereocenters. The first-order valence-corrected chi connectivity index (χ1v) is 10.4. The maximum Gasteiger partial charge on any atom is 0.241 e. The van der Waals surface area contributed by atoms with E-state index in [1.807, 2.05) is 51.1 Å². The van der Waals surface area contributed by atoms with E-state index in [2.05, 4.69) is 15.4 Å². The zero-order chi connectivity index (χ0) is 20.7. The molecule has 0 bridgehead atoms. The van der Waals surface area contributed by atoms with E-state index in [9.17, 15) is 18.0 Å². The molecular weight excluding hydrogens is 378 g/mol. The summed E-state index contributed by atoms with van der Waals surface area (Å²) in [7, 11) is -3.80. The van der Waals surface area contributed by atoms with Gasteiger partial charge in [-0.1, -0.05) is 36.4 Å². The highest BCUT2D eigenvalue weighted by Gasteiger charge is 2.17. The second-order valence-corrected chi connectivity index (χ2v) is 8.31. The third-order valence-corrected chi connectivity index (χ3v) is 5.73. The van der Waals surface area contributed by atoms with Crippen molar-refractivity contribution in [1.82, 2.24) is 15.4 Å². The molecule has 0 aromatic heterocycles. The van der Waals surface area contributed by atoms with Crippen LogP contribution in [-0.4, -0.2) is 33.3 Å². The van der Waals surface area contributed by atoms with E-state index in [0.29, 0.717) is 0 Å². The van der Waals surface area contributed by atoms with Crippen LogP contribution in [0.25, 0.3) is 0 Å². The molecule has 8 heteroatoms. The largest absolute Gasteiger partial charge is 0.348 e. The Kier molecular flexibility index (Phi) is 7.31. The zero-order valence-electron chi connectivity index (χ0n) is 16.2. The van der Waals surface area contributed by atoms with Crippen molar-refractivity contribution >= 4 is 21.8 Å². The fraction of sp³-hybridized carbons (Fsp3) is 0.300. The van der Waals surface area contributed by atoms with E-state index in [0.717, 1.165) is 16.7 Å². The Morgan fingerprint density at radius 2 is 1.61 bits per heavy atom. The normalized spacial score (nSPS) is 12.2. The van der Waals surface area contributed by atoms with Gasteiger partial charge < -0.3 is 10.6 Å². The van der Waals surface area contributed by atoms with Crippen molar-refractivity contribution in [3.8, 4) is 0 Å². The van der Waals surface area contributed by atoms with Gasteiger partial charge in [0.2, 0.25) is 21.8 Å². The van der Waals surface area contributed by atoms with Crippen molar-refractivity contribution in [3.05, 3.63) is 65.2 Å². The number of hydrogen-bond acceptors (Lipinski definition) is 4. The fourth-order valence-corrected chi connectivity index (χ4v) is 3.55. The van der Waals surface area contributed by atoms with Crippen LogP contribution in [0.3, 0.4) is 0 Å². The molecular formula is C20H25N3O4S. The van der Waals surface area contributed by atoms with Crippen LogP contribution in [0, 0.1) is 13.8 Å². The molecule has 2 rings (SSSR count). The standard InChI is InChI=1S/C20H25N3O4S/c1-14-9-10-18(11-15(14)2)28(26,27)22-13-19(24)21-12-20(25)23-16(3)17-7-5-4-6-8-17/h4-11,16,22H,12-13H2,1-3H3,(H,21,24)(H,23,25)/t16-/m1/s1. The molecule has 0 spiro atoms. The van der Waals surface area contributed by atoms with Crippen LogP contribution in [0.5, 0.6) is 0 Å². The Morgan fingerprint density at radius 1 is 0.929 bits per heavy atom. The number of amides is 2. The predicted molar refractivity (Wildman–Crippen MR) is 107 cm³/mol. The molecule has 0 fully saturated rings. The lowest BCUT2D eigenvalue weighted by Gasteiger charge is -2.14. The van der Waals surface area contributed by atoms with Gasteiger partial charge in [0.25, 0.3) is 0 Å². The fourth-order valence-electron chi connectivity index (χ4n) is 2.48. The minimum absolute atomic E-state index is 0.0952. The monoisotopic (exact) mass is 403 g/mol. The van der Waals surface area contributed by atoms with Crippen molar-refractivity contribution in [3.63, 3.8) is 0 Å². The van der Waals surface area contributed by atoms with Crippen LogP contribution in [0.2, 0.25) is 0 Å². The number of rotatable bonds is 8. The number of aryl methyl sites for hydroxylation is 2. The van der Waals surface area contributed by atoms with Crippen LogP contribution >= 0.6 is 0 Å². The number of carbonyl (C=O) groups is 2. The molecule has 150 valence electrons. The number of carbonyl (C=O) groups excluding carboxylic acids is 2. The van der Waals surface area contributed by atoms with E-state index in [4.69, 9.17) is 0 Å². The van der Waals surface area contributed by atoms with E-state index >= 15 is 0 Å². The van der Waals surface area contributed by atoms with Crippen LogP contribution in [0.15, 0.2) is 53.4 Å².